The predicted octanol–water partition coefficient (Wildman–Crippen LogP) is 4.80. The fourth-order valence-electron chi connectivity index (χ4n) is 2.66. The topological polar surface area (TPSA) is 67.8 Å². The van der Waals surface area contributed by atoms with Gasteiger partial charge in [-0.05, 0) is 59.8 Å². The number of nitrogens with one attached hydrogen (secondary N) is 1. The first-order valence-corrected chi connectivity index (χ1v) is 9.71. The van der Waals surface area contributed by atoms with Crippen LogP contribution in [-0.2, 0) is 4.79 Å². The van der Waals surface area contributed by atoms with E-state index in [2.05, 4.69) is 10.3 Å². The van der Waals surface area contributed by atoms with E-state index in [-0.39, 0.29) is 5.91 Å². The van der Waals surface area contributed by atoms with Gasteiger partial charge in [0.15, 0.2) is 5.17 Å². The number of carbonyl (C=O) groups excluding carboxylic acids is 2. The quantitative estimate of drug-likeness (QED) is 0.388. The van der Waals surface area contributed by atoms with Crippen molar-refractivity contribution in [3.8, 4) is 5.75 Å². The van der Waals surface area contributed by atoms with E-state index in [1.165, 1.54) is 11.8 Å². The Hall–Kier alpha value is -3.64. The molecule has 0 bridgehead atoms. The Kier molecular flexibility index (Phi) is 5.54. The number of benzene rings is 3. The summed E-state index contributed by atoms with van der Waals surface area (Å²) in [5.41, 5.74) is 2.00. The normalized spacial score (nSPS) is 16.1. The van der Waals surface area contributed by atoms with Crippen LogP contribution in [0.15, 0.2) is 94.8 Å². The summed E-state index contributed by atoms with van der Waals surface area (Å²) in [7, 11) is 0. The molecule has 0 unspecified atom stereocenters. The van der Waals surface area contributed by atoms with Crippen LogP contribution in [0.5, 0.6) is 5.75 Å². The summed E-state index contributed by atoms with van der Waals surface area (Å²) in [5.74, 6) is -0.230. The van der Waals surface area contributed by atoms with Crippen LogP contribution < -0.4 is 10.1 Å². The first-order valence-electron chi connectivity index (χ1n) is 8.89. The largest absolute Gasteiger partial charge is 0.423 e. The third kappa shape index (κ3) is 4.80. The van der Waals surface area contributed by atoms with Crippen molar-refractivity contribution in [3.63, 3.8) is 0 Å². The fourth-order valence-corrected chi connectivity index (χ4v) is 3.50. The van der Waals surface area contributed by atoms with Gasteiger partial charge in [-0.15, -0.1) is 0 Å². The van der Waals surface area contributed by atoms with Gasteiger partial charge in [0.2, 0.25) is 0 Å². The minimum atomic E-state index is -0.430. The molecule has 1 N–H and O–H groups in total. The molecule has 1 heterocycles. The van der Waals surface area contributed by atoms with Crippen molar-refractivity contribution in [2.75, 3.05) is 0 Å². The van der Waals surface area contributed by atoms with E-state index < -0.39 is 5.97 Å². The lowest BCUT2D eigenvalue weighted by Crippen LogP contribution is -2.19. The number of ether oxygens (including phenoxy) is 1. The second-order valence-corrected chi connectivity index (χ2v) is 7.18. The summed E-state index contributed by atoms with van der Waals surface area (Å²) in [6.07, 6.45) is 1.74. The molecular weight excluding hydrogens is 384 g/mol. The molecule has 1 aliphatic heterocycles. The summed E-state index contributed by atoms with van der Waals surface area (Å²) >= 11 is 1.27. The number of esters is 1. The summed E-state index contributed by atoms with van der Waals surface area (Å²) in [4.78, 5) is 29.4. The number of para-hydroxylation sites is 1. The van der Waals surface area contributed by atoms with Gasteiger partial charge in [-0.3, -0.25) is 4.79 Å². The monoisotopic (exact) mass is 400 g/mol. The number of hydrogen-bond acceptors (Lipinski definition) is 5. The van der Waals surface area contributed by atoms with Crippen molar-refractivity contribution in [3.05, 3.63) is 101 Å². The van der Waals surface area contributed by atoms with Crippen LogP contribution >= 0.6 is 11.8 Å². The van der Waals surface area contributed by atoms with Crippen molar-refractivity contribution in [1.82, 2.24) is 5.32 Å². The molecule has 0 aromatic heterocycles. The van der Waals surface area contributed by atoms with Crippen LogP contribution in [0.2, 0.25) is 0 Å². The van der Waals surface area contributed by atoms with E-state index in [0.29, 0.717) is 21.4 Å². The van der Waals surface area contributed by atoms with Crippen molar-refractivity contribution < 1.29 is 14.3 Å². The van der Waals surface area contributed by atoms with Gasteiger partial charge in [0.25, 0.3) is 5.91 Å². The highest BCUT2D eigenvalue weighted by molar-refractivity contribution is 8.18. The molecule has 6 heteroatoms. The van der Waals surface area contributed by atoms with Gasteiger partial charge in [0, 0.05) is 0 Å². The smallest absolute Gasteiger partial charge is 0.343 e. The second-order valence-electron chi connectivity index (χ2n) is 6.15. The Bertz CT molecular complexity index is 1110. The predicted molar refractivity (Wildman–Crippen MR) is 115 cm³/mol. The standard InChI is InChI=1S/C23H16N2O3S/c26-21-20(29-23(25-21)24-18-11-5-2-6-12-18)15-16-8-7-13-19(14-16)28-22(27)17-9-3-1-4-10-17/h1-15H,(H,24,25,26)/b20-15-. The number of thioether (sulfide) groups is 1. The lowest BCUT2D eigenvalue weighted by molar-refractivity contribution is -0.115. The summed E-state index contributed by atoms with van der Waals surface area (Å²) < 4.78 is 5.43. The van der Waals surface area contributed by atoms with Gasteiger partial charge in [0.05, 0.1) is 16.2 Å². The Morgan fingerprint density at radius 2 is 1.66 bits per heavy atom. The third-order valence-corrected chi connectivity index (χ3v) is 4.92. The molecule has 0 saturated carbocycles. The fraction of sp³-hybridized carbons (Fsp3) is 0. The molecule has 4 rings (SSSR count). The molecule has 0 aliphatic carbocycles. The Morgan fingerprint density at radius 3 is 2.41 bits per heavy atom. The highest BCUT2D eigenvalue weighted by atomic mass is 32.2. The SMILES string of the molecule is O=C1NC(=Nc2ccccc2)S/C1=C\c1cccc(OC(=O)c2ccccc2)c1. The maximum atomic E-state index is 12.3. The van der Waals surface area contributed by atoms with Gasteiger partial charge in [-0.2, -0.15) is 0 Å². The highest BCUT2D eigenvalue weighted by Gasteiger charge is 2.23. The first-order chi connectivity index (χ1) is 14.2. The number of aliphatic imine (C=N–C) groups is 1. The van der Waals surface area contributed by atoms with Crippen LogP contribution in [0.3, 0.4) is 0 Å². The minimum absolute atomic E-state index is 0.212. The van der Waals surface area contributed by atoms with E-state index in [0.717, 1.165) is 11.3 Å². The molecule has 1 fully saturated rings. The number of hydrogen-bond donors (Lipinski definition) is 1. The van der Waals surface area contributed by atoms with E-state index >= 15 is 0 Å². The minimum Gasteiger partial charge on any atom is -0.423 e. The van der Waals surface area contributed by atoms with E-state index in [1.807, 2.05) is 42.5 Å². The lowest BCUT2D eigenvalue weighted by Gasteiger charge is -2.05. The maximum absolute atomic E-state index is 12.3. The van der Waals surface area contributed by atoms with Crippen LogP contribution in [0.1, 0.15) is 15.9 Å². The average molecular weight is 400 g/mol. The van der Waals surface area contributed by atoms with Crippen LogP contribution in [0.25, 0.3) is 6.08 Å². The van der Waals surface area contributed by atoms with Gasteiger partial charge >= 0.3 is 5.97 Å². The molecule has 0 atom stereocenters. The number of nitrogens with zero attached hydrogens (tertiary/aromatic N) is 1. The van der Waals surface area contributed by atoms with Crippen molar-refractivity contribution in [2.24, 2.45) is 4.99 Å². The van der Waals surface area contributed by atoms with Gasteiger partial charge in [-0.25, -0.2) is 9.79 Å². The van der Waals surface area contributed by atoms with Crippen LogP contribution in [0.4, 0.5) is 5.69 Å². The highest BCUT2D eigenvalue weighted by Crippen LogP contribution is 2.28. The molecule has 3 aromatic rings. The third-order valence-electron chi connectivity index (χ3n) is 4.01. The molecular formula is C23H16N2O3S. The second kappa shape index (κ2) is 8.58. The summed E-state index contributed by atoms with van der Waals surface area (Å²) in [6, 6.07) is 25.2. The van der Waals surface area contributed by atoms with Crippen molar-refractivity contribution in [2.45, 2.75) is 0 Å². The molecule has 3 aromatic carbocycles. The molecule has 1 amide bonds. The average Bonchev–Trinajstić information content (AvgIpc) is 3.08. The van der Waals surface area contributed by atoms with Gasteiger partial charge in [0.1, 0.15) is 5.75 Å². The van der Waals surface area contributed by atoms with E-state index in [9.17, 15) is 9.59 Å². The number of amides is 1. The molecule has 0 spiro atoms. The zero-order valence-electron chi connectivity index (χ0n) is 15.2. The van der Waals surface area contributed by atoms with Crippen LogP contribution in [0, 0.1) is 0 Å². The zero-order chi connectivity index (χ0) is 20.1. The molecule has 1 aliphatic rings. The van der Waals surface area contributed by atoms with Gasteiger partial charge < -0.3 is 10.1 Å². The lowest BCUT2D eigenvalue weighted by atomic mass is 10.2. The molecule has 0 radical (unpaired) electrons. The molecule has 29 heavy (non-hydrogen) atoms. The summed E-state index contributed by atoms with van der Waals surface area (Å²) in [6.45, 7) is 0. The number of rotatable bonds is 4. The Morgan fingerprint density at radius 1 is 0.931 bits per heavy atom. The van der Waals surface area contributed by atoms with Crippen LogP contribution in [-0.4, -0.2) is 17.0 Å². The Balaban J connectivity index is 1.50. The first kappa shape index (κ1) is 18.7. The van der Waals surface area contributed by atoms with E-state index in [4.69, 9.17) is 4.74 Å². The Labute approximate surface area is 172 Å². The molecule has 142 valence electrons. The van der Waals surface area contributed by atoms with E-state index in [1.54, 1.807) is 48.5 Å². The van der Waals surface area contributed by atoms with Crippen molar-refractivity contribution >= 4 is 40.6 Å². The zero-order valence-corrected chi connectivity index (χ0v) is 16.1. The maximum Gasteiger partial charge on any atom is 0.343 e. The molecule has 5 nitrogen and oxygen atoms in total. The van der Waals surface area contributed by atoms with Gasteiger partial charge in [-0.1, -0.05) is 48.5 Å². The number of carbonyl (C=O) groups is 2. The number of amidine groups is 1. The van der Waals surface area contributed by atoms with Crippen molar-refractivity contribution in [1.29, 1.82) is 0 Å². The summed E-state index contributed by atoms with van der Waals surface area (Å²) in [5, 5.41) is 3.29. The molecule has 1 saturated heterocycles.